The molecule has 1 aromatic heterocycles. The highest BCUT2D eigenvalue weighted by molar-refractivity contribution is 6.31. The van der Waals surface area contributed by atoms with E-state index in [1.807, 2.05) is 24.3 Å². The number of anilines is 1. The zero-order valence-electron chi connectivity index (χ0n) is 17.0. The maximum Gasteiger partial charge on any atom is 0.128 e. The summed E-state index contributed by atoms with van der Waals surface area (Å²) in [5.74, 6) is 0.993. The number of hydrogen-bond acceptors (Lipinski definition) is 5. The second-order valence-corrected chi connectivity index (χ2v) is 8.53. The number of aliphatic hydroxyl groups is 1. The average molecular weight is 415 g/mol. The fourth-order valence-electron chi connectivity index (χ4n) is 4.57. The molecule has 0 spiro atoms. The number of hydrogen-bond donors (Lipinski definition) is 1. The number of piperidine rings is 1. The summed E-state index contributed by atoms with van der Waals surface area (Å²) >= 11 is 6.34. The fraction of sp³-hybridized carbons (Fsp3) is 0.522. The summed E-state index contributed by atoms with van der Waals surface area (Å²) in [6, 6.07) is 14.8. The van der Waals surface area contributed by atoms with Crippen molar-refractivity contribution in [3.05, 3.63) is 58.7 Å². The molecule has 2 fully saturated rings. The Kier molecular flexibility index (Phi) is 7.03. The van der Waals surface area contributed by atoms with Crippen molar-refractivity contribution in [3.8, 4) is 0 Å². The van der Waals surface area contributed by atoms with Gasteiger partial charge in [0.15, 0.2) is 0 Å². The van der Waals surface area contributed by atoms with Gasteiger partial charge in [-0.05, 0) is 56.1 Å². The highest BCUT2D eigenvalue weighted by Gasteiger charge is 2.26. The lowest BCUT2D eigenvalue weighted by atomic mass is 10.0. The molecule has 3 heterocycles. The van der Waals surface area contributed by atoms with Crippen LogP contribution in [0.4, 0.5) is 5.82 Å². The van der Waals surface area contributed by atoms with Gasteiger partial charge in [0, 0.05) is 43.8 Å². The minimum atomic E-state index is 0.000568. The van der Waals surface area contributed by atoms with E-state index in [1.54, 1.807) is 0 Å². The molecule has 0 unspecified atom stereocenters. The molecule has 1 aromatic carbocycles. The van der Waals surface area contributed by atoms with Crippen LogP contribution in [0.15, 0.2) is 42.5 Å². The van der Waals surface area contributed by atoms with Crippen LogP contribution < -0.4 is 4.90 Å². The van der Waals surface area contributed by atoms with Gasteiger partial charge in [-0.15, -0.1) is 0 Å². The Hall–Kier alpha value is -1.66. The van der Waals surface area contributed by atoms with E-state index >= 15 is 0 Å². The van der Waals surface area contributed by atoms with Crippen molar-refractivity contribution in [1.82, 2.24) is 14.8 Å². The summed E-state index contributed by atoms with van der Waals surface area (Å²) in [4.78, 5) is 12.2. The lowest BCUT2D eigenvalue weighted by molar-refractivity contribution is 0.110. The zero-order chi connectivity index (χ0) is 20.1. The summed E-state index contributed by atoms with van der Waals surface area (Å²) in [7, 11) is 0. The number of pyridine rings is 1. The Bertz CT molecular complexity index is 794. The monoisotopic (exact) mass is 414 g/mol. The van der Waals surface area contributed by atoms with E-state index in [-0.39, 0.29) is 6.61 Å². The number of aromatic nitrogens is 1. The van der Waals surface area contributed by atoms with Crippen LogP contribution in [-0.2, 0) is 13.2 Å². The Morgan fingerprint density at radius 2 is 1.76 bits per heavy atom. The van der Waals surface area contributed by atoms with E-state index < -0.39 is 0 Å². The maximum atomic E-state index is 9.36. The van der Waals surface area contributed by atoms with E-state index in [9.17, 15) is 5.11 Å². The van der Waals surface area contributed by atoms with E-state index in [0.29, 0.717) is 6.04 Å². The first-order valence-corrected chi connectivity index (χ1v) is 11.1. The van der Waals surface area contributed by atoms with Crippen LogP contribution in [-0.4, -0.2) is 65.2 Å². The lowest BCUT2D eigenvalue weighted by Crippen LogP contribution is -2.46. The molecule has 2 aliphatic rings. The number of aliphatic hydroxyl groups excluding tert-OH is 1. The van der Waals surface area contributed by atoms with Crippen LogP contribution in [0.5, 0.6) is 0 Å². The largest absolute Gasteiger partial charge is 0.390 e. The van der Waals surface area contributed by atoms with E-state index in [2.05, 4.69) is 37.9 Å². The lowest BCUT2D eigenvalue weighted by Gasteiger charge is -2.38. The molecule has 156 valence electrons. The molecule has 0 atom stereocenters. The molecule has 6 heteroatoms. The van der Waals surface area contributed by atoms with E-state index in [0.717, 1.165) is 68.8 Å². The van der Waals surface area contributed by atoms with Crippen molar-refractivity contribution in [1.29, 1.82) is 0 Å². The van der Waals surface area contributed by atoms with Gasteiger partial charge in [0.25, 0.3) is 0 Å². The number of nitrogens with zero attached hydrogens (tertiary/aromatic N) is 4. The molecule has 29 heavy (non-hydrogen) atoms. The van der Waals surface area contributed by atoms with Crippen LogP contribution in [0.25, 0.3) is 0 Å². The molecular weight excluding hydrogens is 384 g/mol. The number of rotatable bonds is 5. The van der Waals surface area contributed by atoms with Gasteiger partial charge in [-0.2, -0.15) is 0 Å². The number of benzene rings is 1. The second-order valence-electron chi connectivity index (χ2n) is 8.12. The van der Waals surface area contributed by atoms with Crippen LogP contribution in [0.2, 0.25) is 5.02 Å². The van der Waals surface area contributed by atoms with Crippen molar-refractivity contribution in [2.45, 2.75) is 38.5 Å². The Balaban J connectivity index is 1.29. The first-order valence-electron chi connectivity index (χ1n) is 10.7. The van der Waals surface area contributed by atoms with Crippen molar-refractivity contribution >= 4 is 17.4 Å². The minimum absolute atomic E-state index is 0.000568. The molecule has 4 rings (SSSR count). The Labute approximate surface area is 178 Å². The van der Waals surface area contributed by atoms with Gasteiger partial charge >= 0.3 is 0 Å². The van der Waals surface area contributed by atoms with Crippen molar-refractivity contribution in [2.24, 2.45) is 0 Å². The molecule has 2 saturated heterocycles. The summed E-state index contributed by atoms with van der Waals surface area (Å²) in [6.07, 6.45) is 3.61. The van der Waals surface area contributed by atoms with Crippen LogP contribution in [0.1, 0.15) is 30.5 Å². The third-order valence-electron chi connectivity index (χ3n) is 6.23. The maximum absolute atomic E-state index is 9.36. The first-order chi connectivity index (χ1) is 14.2. The number of likely N-dealkylation sites (tertiary alicyclic amines) is 1. The highest BCUT2D eigenvalue weighted by Crippen LogP contribution is 2.23. The van der Waals surface area contributed by atoms with Crippen LogP contribution >= 0.6 is 11.6 Å². The predicted molar refractivity (Wildman–Crippen MR) is 118 cm³/mol. The smallest absolute Gasteiger partial charge is 0.128 e. The molecule has 1 N–H and O–H groups in total. The van der Waals surface area contributed by atoms with Gasteiger partial charge in [-0.3, -0.25) is 9.80 Å². The highest BCUT2D eigenvalue weighted by atomic mass is 35.5. The van der Waals surface area contributed by atoms with E-state index in [1.165, 1.54) is 18.4 Å². The molecule has 5 nitrogen and oxygen atoms in total. The molecule has 0 aliphatic carbocycles. The standard InChI is InChI=1S/C23H31ClN4O/c24-22-7-2-1-5-19(22)17-26-13-9-21(10-14-26)27-11-4-12-28(16-15-27)23-8-3-6-20(18-29)25-23/h1-3,5-8,21,29H,4,9-18H2. The second kappa shape index (κ2) is 9.90. The van der Waals surface area contributed by atoms with Crippen LogP contribution in [0.3, 0.4) is 0 Å². The topological polar surface area (TPSA) is 42.8 Å². The summed E-state index contributed by atoms with van der Waals surface area (Å²) in [5, 5.41) is 10.2. The molecule has 0 radical (unpaired) electrons. The van der Waals surface area contributed by atoms with Crippen molar-refractivity contribution < 1.29 is 5.11 Å². The molecule has 0 saturated carbocycles. The first kappa shape index (κ1) is 20.6. The predicted octanol–water partition coefficient (Wildman–Crippen LogP) is 3.40. The van der Waals surface area contributed by atoms with Gasteiger partial charge in [-0.25, -0.2) is 4.98 Å². The van der Waals surface area contributed by atoms with Gasteiger partial charge in [0.2, 0.25) is 0 Å². The fourth-order valence-corrected chi connectivity index (χ4v) is 4.77. The molecule has 2 aliphatic heterocycles. The van der Waals surface area contributed by atoms with Gasteiger partial charge in [0.05, 0.1) is 12.3 Å². The summed E-state index contributed by atoms with van der Waals surface area (Å²) in [6.45, 7) is 7.50. The summed E-state index contributed by atoms with van der Waals surface area (Å²) in [5.41, 5.74) is 1.98. The zero-order valence-corrected chi connectivity index (χ0v) is 17.8. The molecular formula is C23H31ClN4O. The third kappa shape index (κ3) is 5.28. The quantitative estimate of drug-likeness (QED) is 0.812. The minimum Gasteiger partial charge on any atom is -0.390 e. The Morgan fingerprint density at radius 3 is 2.55 bits per heavy atom. The Morgan fingerprint density at radius 1 is 0.931 bits per heavy atom. The normalized spacial score (nSPS) is 20.0. The molecule has 0 amide bonds. The van der Waals surface area contributed by atoms with Crippen molar-refractivity contribution in [3.63, 3.8) is 0 Å². The molecule has 0 bridgehead atoms. The van der Waals surface area contributed by atoms with Crippen LogP contribution in [0, 0.1) is 0 Å². The third-order valence-corrected chi connectivity index (χ3v) is 6.60. The van der Waals surface area contributed by atoms with Gasteiger partial charge < -0.3 is 10.0 Å². The van der Waals surface area contributed by atoms with Gasteiger partial charge in [-0.1, -0.05) is 35.9 Å². The van der Waals surface area contributed by atoms with Gasteiger partial charge in [0.1, 0.15) is 5.82 Å². The van der Waals surface area contributed by atoms with E-state index in [4.69, 9.17) is 11.6 Å². The summed E-state index contributed by atoms with van der Waals surface area (Å²) < 4.78 is 0. The average Bonchev–Trinajstić information content (AvgIpc) is 3.02. The van der Waals surface area contributed by atoms with Crippen molar-refractivity contribution in [2.75, 3.05) is 44.2 Å². The molecule has 2 aromatic rings. The SMILES string of the molecule is OCc1cccc(N2CCCN(C3CCN(Cc4ccccc4Cl)CC3)CC2)n1. The number of halogens is 1.